The number of alkyl halides is 3. The van der Waals surface area contributed by atoms with E-state index in [1.54, 1.807) is 0 Å². The summed E-state index contributed by atoms with van der Waals surface area (Å²) in [6.45, 7) is -0.989. The molecule has 1 aliphatic rings. The van der Waals surface area contributed by atoms with Gasteiger partial charge in [-0.15, -0.1) is 6.42 Å². The molecular weight excluding hydrogens is 331 g/mol. The van der Waals surface area contributed by atoms with Crippen LogP contribution >= 0.6 is 0 Å². The average Bonchev–Trinajstić information content (AvgIpc) is 3.07. The van der Waals surface area contributed by atoms with Crippen molar-refractivity contribution < 1.29 is 28.1 Å². The molecule has 2 aromatic rings. The quantitative estimate of drug-likeness (QED) is 0.648. The van der Waals surface area contributed by atoms with Gasteiger partial charge in [0.05, 0.1) is 12.9 Å². The minimum absolute atomic E-state index is 0.0142. The molecule has 24 heavy (non-hydrogen) atoms. The number of imidazole rings is 1. The second-order valence-corrected chi connectivity index (χ2v) is 5.30. The third-order valence-electron chi connectivity index (χ3n) is 3.97. The molecule has 8 nitrogen and oxygen atoms in total. The predicted molar refractivity (Wildman–Crippen MR) is 74.1 cm³/mol. The first-order valence-electron chi connectivity index (χ1n) is 6.69. The fraction of sp³-hybridized carbons (Fsp3) is 0.462. The van der Waals surface area contributed by atoms with E-state index in [9.17, 15) is 23.4 Å². The van der Waals surface area contributed by atoms with Gasteiger partial charge in [0.15, 0.2) is 23.3 Å². The third-order valence-corrected chi connectivity index (χ3v) is 3.97. The Balaban J connectivity index is 2.17. The number of aromatic nitrogens is 4. The van der Waals surface area contributed by atoms with Crippen LogP contribution in [0, 0.1) is 18.3 Å². The van der Waals surface area contributed by atoms with Gasteiger partial charge in [-0.1, -0.05) is 5.92 Å². The molecule has 128 valence electrons. The Morgan fingerprint density at radius 3 is 2.71 bits per heavy atom. The molecule has 3 rings (SSSR count). The van der Waals surface area contributed by atoms with Crippen LogP contribution in [0.2, 0.25) is 0 Å². The van der Waals surface area contributed by atoms with Gasteiger partial charge in [0.2, 0.25) is 0 Å². The summed E-state index contributed by atoms with van der Waals surface area (Å²) in [5, 5.41) is 19.5. The monoisotopic (exact) mass is 343 g/mol. The second kappa shape index (κ2) is 5.30. The summed E-state index contributed by atoms with van der Waals surface area (Å²) in [6, 6.07) is 0. The molecule has 2 aromatic heterocycles. The first kappa shape index (κ1) is 16.4. The molecule has 4 atom stereocenters. The highest BCUT2D eigenvalue weighted by molar-refractivity contribution is 5.81. The predicted octanol–water partition coefficient (Wildman–Crippen LogP) is -0.159. The van der Waals surface area contributed by atoms with Crippen molar-refractivity contribution in [3.8, 4) is 12.3 Å². The van der Waals surface area contributed by atoms with Crippen LogP contribution in [0.1, 0.15) is 6.23 Å². The number of nitrogen functional groups attached to an aromatic ring is 1. The zero-order valence-electron chi connectivity index (χ0n) is 12.0. The van der Waals surface area contributed by atoms with Crippen LogP contribution in [0.25, 0.3) is 11.2 Å². The summed E-state index contributed by atoms with van der Waals surface area (Å²) in [6.07, 6.45) is -1.51. The summed E-state index contributed by atoms with van der Waals surface area (Å²) in [5.74, 6) is -0.499. The zero-order chi connectivity index (χ0) is 17.7. The number of anilines is 1. The van der Waals surface area contributed by atoms with E-state index in [1.165, 1.54) is 0 Å². The van der Waals surface area contributed by atoms with Crippen molar-refractivity contribution in [3.05, 3.63) is 12.7 Å². The Morgan fingerprint density at radius 2 is 2.12 bits per heavy atom. The first-order chi connectivity index (χ1) is 11.2. The minimum Gasteiger partial charge on any atom is -0.392 e. The van der Waals surface area contributed by atoms with Crippen LogP contribution in [0.15, 0.2) is 12.7 Å². The lowest BCUT2D eigenvalue weighted by molar-refractivity contribution is -0.210. The molecule has 0 unspecified atom stereocenters. The molecule has 0 aromatic carbocycles. The fourth-order valence-electron chi connectivity index (χ4n) is 2.73. The second-order valence-electron chi connectivity index (χ2n) is 5.30. The number of aliphatic hydroxyl groups is 2. The van der Waals surface area contributed by atoms with Gasteiger partial charge in [-0.05, 0) is 0 Å². The number of ether oxygens (including phenoxy) is 1. The number of fused-ring (bicyclic) bond motifs is 1. The van der Waals surface area contributed by atoms with Crippen molar-refractivity contribution in [1.29, 1.82) is 0 Å². The number of nitrogens with two attached hydrogens (primary N) is 1. The number of terminal acetylenes is 1. The van der Waals surface area contributed by atoms with E-state index in [-0.39, 0.29) is 17.0 Å². The van der Waals surface area contributed by atoms with E-state index < -0.39 is 36.6 Å². The van der Waals surface area contributed by atoms with Crippen molar-refractivity contribution in [2.24, 2.45) is 5.92 Å². The van der Waals surface area contributed by atoms with Gasteiger partial charge in [0, 0.05) is 0 Å². The van der Waals surface area contributed by atoms with Gasteiger partial charge in [0.25, 0.3) is 0 Å². The zero-order valence-corrected chi connectivity index (χ0v) is 12.0. The van der Waals surface area contributed by atoms with Crippen LogP contribution in [-0.2, 0) is 4.74 Å². The molecule has 0 saturated carbocycles. The lowest BCUT2D eigenvalue weighted by Crippen LogP contribution is -2.46. The summed E-state index contributed by atoms with van der Waals surface area (Å²) in [4.78, 5) is 11.4. The molecule has 0 amide bonds. The van der Waals surface area contributed by atoms with Gasteiger partial charge in [-0.3, -0.25) is 4.57 Å². The van der Waals surface area contributed by atoms with Gasteiger partial charge in [0.1, 0.15) is 23.9 Å². The Bertz CT molecular complexity index is 817. The van der Waals surface area contributed by atoms with Gasteiger partial charge in [-0.2, -0.15) is 13.2 Å². The molecule has 1 fully saturated rings. The van der Waals surface area contributed by atoms with Crippen LogP contribution in [0.4, 0.5) is 19.0 Å². The van der Waals surface area contributed by atoms with Gasteiger partial charge < -0.3 is 20.7 Å². The highest BCUT2D eigenvalue weighted by Gasteiger charge is 2.64. The molecular formula is C13H12F3N5O3. The van der Waals surface area contributed by atoms with E-state index in [1.807, 2.05) is 5.92 Å². The lowest BCUT2D eigenvalue weighted by Gasteiger charge is -2.25. The van der Waals surface area contributed by atoms with Crippen molar-refractivity contribution in [2.75, 3.05) is 12.3 Å². The van der Waals surface area contributed by atoms with Gasteiger partial charge >= 0.3 is 6.18 Å². The maximum atomic E-state index is 13.5. The van der Waals surface area contributed by atoms with Crippen molar-refractivity contribution in [1.82, 2.24) is 19.5 Å². The van der Waals surface area contributed by atoms with E-state index >= 15 is 0 Å². The lowest BCUT2D eigenvalue weighted by atomic mass is 9.90. The van der Waals surface area contributed by atoms with Crippen LogP contribution < -0.4 is 5.73 Å². The average molecular weight is 343 g/mol. The smallest absolute Gasteiger partial charge is 0.392 e. The molecule has 0 radical (unpaired) electrons. The summed E-state index contributed by atoms with van der Waals surface area (Å²) in [5.41, 5.74) is 3.48. The molecule has 1 aliphatic heterocycles. The summed E-state index contributed by atoms with van der Waals surface area (Å²) >= 11 is 0. The van der Waals surface area contributed by atoms with E-state index in [0.29, 0.717) is 0 Å². The van der Waals surface area contributed by atoms with Crippen LogP contribution in [-0.4, -0.2) is 54.2 Å². The maximum Gasteiger partial charge on any atom is 0.398 e. The van der Waals surface area contributed by atoms with Crippen LogP contribution in [0.3, 0.4) is 0 Å². The van der Waals surface area contributed by atoms with Crippen molar-refractivity contribution in [2.45, 2.75) is 24.1 Å². The molecule has 4 N–H and O–H groups in total. The number of hydrogen-bond donors (Lipinski definition) is 3. The normalized spacial score (nSPS) is 30.6. The van der Waals surface area contributed by atoms with E-state index in [4.69, 9.17) is 16.9 Å². The Labute approximate surface area is 133 Å². The molecule has 0 bridgehead atoms. The minimum atomic E-state index is -4.85. The number of nitrogens with zero attached hydrogens (tertiary/aromatic N) is 4. The topological polar surface area (TPSA) is 119 Å². The summed E-state index contributed by atoms with van der Waals surface area (Å²) < 4.78 is 46.6. The fourth-order valence-corrected chi connectivity index (χ4v) is 2.73. The molecule has 0 spiro atoms. The highest BCUT2D eigenvalue weighted by Crippen LogP contribution is 2.49. The number of halogens is 3. The SMILES string of the molecule is C#C[C@]1(CO)O[C@@H](n2cnc3c(N)ncnc32)[C@@H](C(F)(F)F)[C@@H]1O. The maximum absolute atomic E-state index is 13.5. The largest absolute Gasteiger partial charge is 0.398 e. The van der Waals surface area contributed by atoms with Crippen molar-refractivity contribution in [3.63, 3.8) is 0 Å². The first-order valence-corrected chi connectivity index (χ1v) is 6.69. The Hall–Kier alpha value is -2.42. The van der Waals surface area contributed by atoms with Gasteiger partial charge in [-0.25, -0.2) is 15.0 Å². The van der Waals surface area contributed by atoms with E-state index in [2.05, 4.69) is 15.0 Å². The number of hydrogen-bond acceptors (Lipinski definition) is 7. The Morgan fingerprint density at radius 1 is 1.42 bits per heavy atom. The standard InChI is InChI=1S/C13H12F3N5O3/c1-2-12(3-22)8(23)6(13(14,15)16)11(24-12)21-5-20-7-9(17)18-4-19-10(7)21/h1,4-6,8,11,22-23H,3H2,(H2,17,18,19)/t6-,8-,11+,12+/m0/s1. The van der Waals surface area contributed by atoms with Crippen LogP contribution in [0.5, 0.6) is 0 Å². The van der Waals surface area contributed by atoms with Crippen molar-refractivity contribution >= 4 is 17.0 Å². The van der Waals surface area contributed by atoms with E-state index in [0.717, 1.165) is 17.2 Å². The highest BCUT2D eigenvalue weighted by atomic mass is 19.4. The molecule has 3 heterocycles. The molecule has 11 heteroatoms. The molecule has 1 saturated heterocycles. The Kier molecular flexibility index (Phi) is 3.63. The molecule has 0 aliphatic carbocycles. The number of aliphatic hydroxyl groups excluding tert-OH is 2. The summed E-state index contributed by atoms with van der Waals surface area (Å²) in [7, 11) is 0. The third kappa shape index (κ3) is 2.19. The number of rotatable bonds is 2.